The summed E-state index contributed by atoms with van der Waals surface area (Å²) >= 11 is 0. The molecule has 0 heterocycles. The highest BCUT2D eigenvalue weighted by Gasteiger charge is 2.29. The van der Waals surface area contributed by atoms with Crippen molar-refractivity contribution in [3.8, 4) is 55.6 Å². The number of hydrogen-bond acceptors (Lipinski definition) is 0. The van der Waals surface area contributed by atoms with Crippen molar-refractivity contribution in [2.75, 3.05) is 0 Å². The van der Waals surface area contributed by atoms with E-state index in [0.717, 1.165) is 0 Å². The van der Waals surface area contributed by atoms with Gasteiger partial charge in [-0.25, -0.2) is 0 Å². The van der Waals surface area contributed by atoms with Crippen molar-refractivity contribution in [3.63, 3.8) is 0 Å². The Bertz CT molecular complexity index is 1800. The van der Waals surface area contributed by atoms with E-state index in [9.17, 15) is 0 Å². The van der Waals surface area contributed by atoms with E-state index < -0.39 is 0 Å². The summed E-state index contributed by atoms with van der Waals surface area (Å²) in [5, 5.41) is 0. The second-order valence-electron chi connectivity index (χ2n) is 11.5. The minimum absolute atomic E-state index is 0.666. The lowest BCUT2D eigenvalue weighted by Crippen LogP contribution is -1.94. The zero-order valence-corrected chi connectivity index (χ0v) is 23.8. The summed E-state index contributed by atoms with van der Waals surface area (Å²) in [6.45, 7) is 4.35. The molecule has 0 atom stereocenters. The van der Waals surface area contributed by atoms with Gasteiger partial charge in [0, 0.05) is 0 Å². The molecular weight excluding hydrogens is 492 g/mol. The lowest BCUT2D eigenvalue weighted by atomic mass is 9.87. The van der Waals surface area contributed by atoms with Crippen molar-refractivity contribution in [1.82, 2.24) is 0 Å². The van der Waals surface area contributed by atoms with Gasteiger partial charge in [0.25, 0.3) is 0 Å². The Balaban J connectivity index is 1.14. The van der Waals surface area contributed by atoms with Crippen molar-refractivity contribution < 1.29 is 0 Å². The predicted octanol–water partition coefficient (Wildman–Crippen LogP) is 11.5. The maximum Gasteiger partial charge on any atom is -0.0140 e. The van der Waals surface area contributed by atoms with Gasteiger partial charge in [-0.05, 0) is 99.4 Å². The molecule has 0 N–H and O–H groups in total. The number of benzene rings is 6. The molecule has 0 spiro atoms. The Hall–Kier alpha value is -4.68. The molecule has 198 valence electrons. The van der Waals surface area contributed by atoms with Crippen LogP contribution in [0.5, 0.6) is 0 Å². The summed E-state index contributed by atoms with van der Waals surface area (Å²) < 4.78 is 0. The van der Waals surface area contributed by atoms with E-state index in [-0.39, 0.29) is 0 Å². The second kappa shape index (κ2) is 10.7. The fraction of sp³-hybridized carbons (Fsp3) is 0.122. The van der Waals surface area contributed by atoms with Crippen LogP contribution in [-0.4, -0.2) is 0 Å². The molecule has 1 fully saturated rings. The standard InChI is InChI=1S/C41H34/c1-28-10-12-30(13-11-28)31-14-16-32(17-15-31)33-18-20-34(21-19-33)35-22-24-36(25-23-35)39-8-5-9-40(41(39)37-26-27-37)38-7-4-3-6-29(38)2/h3-25,37H,26-27H2,1-2H3. The van der Waals surface area contributed by atoms with Crippen LogP contribution in [0, 0.1) is 13.8 Å². The van der Waals surface area contributed by atoms with Crippen molar-refractivity contribution in [1.29, 1.82) is 0 Å². The normalized spacial score (nSPS) is 12.8. The fourth-order valence-corrected chi connectivity index (χ4v) is 6.04. The molecule has 0 radical (unpaired) electrons. The maximum atomic E-state index is 2.31. The first-order valence-electron chi connectivity index (χ1n) is 14.7. The zero-order valence-electron chi connectivity index (χ0n) is 23.8. The van der Waals surface area contributed by atoms with Crippen molar-refractivity contribution in [3.05, 3.63) is 156 Å². The minimum Gasteiger partial charge on any atom is -0.0620 e. The molecule has 1 aliphatic rings. The van der Waals surface area contributed by atoms with E-state index in [0.29, 0.717) is 5.92 Å². The minimum atomic E-state index is 0.666. The average Bonchev–Trinajstić information content (AvgIpc) is 3.87. The van der Waals surface area contributed by atoms with Gasteiger partial charge in [0.2, 0.25) is 0 Å². The molecule has 1 aliphatic carbocycles. The average molecular weight is 527 g/mol. The largest absolute Gasteiger partial charge is 0.0620 e. The first-order chi connectivity index (χ1) is 20.1. The van der Waals surface area contributed by atoms with E-state index in [4.69, 9.17) is 0 Å². The second-order valence-corrected chi connectivity index (χ2v) is 11.5. The van der Waals surface area contributed by atoms with E-state index in [1.807, 2.05) is 0 Å². The molecule has 0 aliphatic heterocycles. The third kappa shape index (κ3) is 5.14. The summed E-state index contributed by atoms with van der Waals surface area (Å²) in [5.74, 6) is 0.666. The van der Waals surface area contributed by atoms with Crippen LogP contribution in [-0.2, 0) is 0 Å². The summed E-state index contributed by atoms with van der Waals surface area (Å²) in [6.07, 6.45) is 2.57. The monoisotopic (exact) mass is 526 g/mol. The molecule has 7 rings (SSSR count). The lowest BCUT2D eigenvalue weighted by molar-refractivity contribution is 1.13. The lowest BCUT2D eigenvalue weighted by Gasteiger charge is -2.17. The third-order valence-electron chi connectivity index (χ3n) is 8.54. The molecule has 0 saturated heterocycles. The van der Waals surface area contributed by atoms with Gasteiger partial charge < -0.3 is 0 Å². The van der Waals surface area contributed by atoms with Gasteiger partial charge in [0.05, 0.1) is 0 Å². The van der Waals surface area contributed by atoms with Gasteiger partial charge in [-0.3, -0.25) is 0 Å². The van der Waals surface area contributed by atoms with Gasteiger partial charge in [-0.2, -0.15) is 0 Å². The van der Waals surface area contributed by atoms with Gasteiger partial charge in [0.1, 0.15) is 0 Å². The Morgan fingerprint density at radius 1 is 0.366 bits per heavy atom. The molecule has 41 heavy (non-hydrogen) atoms. The molecule has 0 aromatic heterocycles. The first kappa shape index (κ1) is 25.3. The topological polar surface area (TPSA) is 0 Å². The third-order valence-corrected chi connectivity index (χ3v) is 8.54. The number of aryl methyl sites for hydroxylation is 2. The fourth-order valence-electron chi connectivity index (χ4n) is 6.04. The molecule has 0 nitrogen and oxygen atoms in total. The summed E-state index contributed by atoms with van der Waals surface area (Å²) in [4.78, 5) is 0. The molecule has 0 bridgehead atoms. The Labute approximate surface area is 244 Å². The van der Waals surface area contributed by atoms with Crippen molar-refractivity contribution in [2.45, 2.75) is 32.6 Å². The SMILES string of the molecule is Cc1ccc(-c2ccc(-c3ccc(-c4ccc(-c5cccc(-c6ccccc6C)c5C5CC5)cc4)cc3)cc2)cc1. The van der Waals surface area contributed by atoms with Crippen LogP contribution in [0.1, 0.15) is 35.4 Å². The quantitative estimate of drug-likeness (QED) is 0.202. The van der Waals surface area contributed by atoms with E-state index >= 15 is 0 Å². The van der Waals surface area contributed by atoms with Crippen LogP contribution in [0.4, 0.5) is 0 Å². The van der Waals surface area contributed by atoms with Gasteiger partial charge in [-0.15, -0.1) is 0 Å². The summed E-state index contributed by atoms with van der Waals surface area (Å²) in [7, 11) is 0. The van der Waals surface area contributed by atoms with Gasteiger partial charge in [0.15, 0.2) is 0 Å². The van der Waals surface area contributed by atoms with Crippen LogP contribution < -0.4 is 0 Å². The Morgan fingerprint density at radius 3 is 1.22 bits per heavy atom. The van der Waals surface area contributed by atoms with Crippen LogP contribution in [0.25, 0.3) is 55.6 Å². The highest BCUT2D eigenvalue weighted by atomic mass is 14.3. The van der Waals surface area contributed by atoms with E-state index in [1.54, 1.807) is 0 Å². The van der Waals surface area contributed by atoms with Crippen LogP contribution in [0.15, 0.2) is 140 Å². The zero-order chi connectivity index (χ0) is 27.8. The molecule has 0 heteroatoms. The van der Waals surface area contributed by atoms with Gasteiger partial charge >= 0.3 is 0 Å². The van der Waals surface area contributed by atoms with Crippen LogP contribution in [0.2, 0.25) is 0 Å². The smallest absolute Gasteiger partial charge is 0.0140 e. The van der Waals surface area contributed by atoms with Crippen molar-refractivity contribution >= 4 is 0 Å². The van der Waals surface area contributed by atoms with Crippen molar-refractivity contribution in [2.24, 2.45) is 0 Å². The predicted molar refractivity (Wildman–Crippen MR) is 175 cm³/mol. The highest BCUT2D eigenvalue weighted by molar-refractivity contribution is 5.82. The summed E-state index contributed by atoms with van der Waals surface area (Å²) in [6, 6.07) is 51.4. The number of hydrogen-bond donors (Lipinski definition) is 0. The van der Waals surface area contributed by atoms with E-state index in [2.05, 4.69) is 153 Å². The molecule has 0 unspecified atom stereocenters. The molecule has 6 aromatic rings. The van der Waals surface area contributed by atoms with Crippen LogP contribution in [0.3, 0.4) is 0 Å². The molecule has 6 aromatic carbocycles. The molecular formula is C41H34. The Morgan fingerprint density at radius 2 is 0.756 bits per heavy atom. The first-order valence-corrected chi connectivity index (χ1v) is 14.7. The van der Waals surface area contributed by atoms with E-state index in [1.165, 1.54) is 85.2 Å². The maximum absolute atomic E-state index is 2.31. The molecule has 0 amide bonds. The Kier molecular flexibility index (Phi) is 6.61. The summed E-state index contributed by atoms with van der Waals surface area (Å²) in [5.41, 5.74) is 17.1. The molecule has 1 saturated carbocycles. The van der Waals surface area contributed by atoms with Crippen LogP contribution >= 0.6 is 0 Å². The number of rotatable bonds is 6. The highest BCUT2D eigenvalue weighted by Crippen LogP contribution is 2.49. The van der Waals surface area contributed by atoms with Gasteiger partial charge in [-0.1, -0.05) is 145 Å².